The highest BCUT2D eigenvalue weighted by Crippen LogP contribution is 2.52. The Kier molecular flexibility index (Phi) is 1.92. The van der Waals surface area contributed by atoms with Crippen molar-refractivity contribution in [1.82, 2.24) is 0 Å². The van der Waals surface area contributed by atoms with Gasteiger partial charge in [-0.05, 0) is 35.8 Å². The molecule has 5 rings (SSSR count). The summed E-state index contributed by atoms with van der Waals surface area (Å²) >= 11 is 0. The van der Waals surface area contributed by atoms with Gasteiger partial charge in [-0.3, -0.25) is 0 Å². The fourth-order valence-electron chi connectivity index (χ4n) is 4.81. The van der Waals surface area contributed by atoms with E-state index >= 15 is 0 Å². The van der Waals surface area contributed by atoms with Gasteiger partial charge in [0.15, 0.2) is 0 Å². The smallest absolute Gasteiger partial charge is 0.0443 e. The lowest BCUT2D eigenvalue weighted by atomic mass is 9.75. The van der Waals surface area contributed by atoms with Crippen molar-refractivity contribution in [3.8, 4) is 0 Å². The van der Waals surface area contributed by atoms with Gasteiger partial charge in [-0.1, -0.05) is 42.5 Å². The number of nitrogens with zero attached hydrogens (tertiary/aromatic N) is 1. The first-order valence-electron chi connectivity index (χ1n) is 7.63. The second kappa shape index (κ2) is 3.53. The summed E-state index contributed by atoms with van der Waals surface area (Å²) in [5.74, 6) is 3.03. The number of benzene rings is 1. The molecule has 2 heterocycles. The number of hydrogen-bond acceptors (Lipinski definition) is 1. The molecule has 0 saturated carbocycles. The maximum atomic E-state index is 2.70. The van der Waals surface area contributed by atoms with Crippen molar-refractivity contribution >= 4 is 5.69 Å². The molecule has 0 saturated heterocycles. The van der Waals surface area contributed by atoms with Gasteiger partial charge < -0.3 is 4.90 Å². The average Bonchev–Trinajstić information content (AvgIpc) is 3.07. The molecule has 0 amide bonds. The summed E-state index contributed by atoms with van der Waals surface area (Å²) in [6.07, 6.45) is 12.2. The molecule has 0 radical (unpaired) electrons. The maximum Gasteiger partial charge on any atom is 0.0443 e. The number of allylic oxidation sites excluding steroid dienone is 4. The van der Waals surface area contributed by atoms with Crippen LogP contribution in [-0.2, 0) is 0 Å². The number of para-hydroxylation sites is 1. The predicted octanol–water partition coefficient (Wildman–Crippen LogP) is 3.84. The van der Waals surface area contributed by atoms with E-state index in [1.54, 1.807) is 16.8 Å². The first-order chi connectivity index (χ1) is 9.42. The SMILES string of the molecule is C1=C[C@@H]2c3cccc4c3N(C[C@H]2C1)C[C@@H]1CC=C[C@@H]41. The Morgan fingerprint density at radius 3 is 2.00 bits per heavy atom. The Morgan fingerprint density at radius 2 is 1.42 bits per heavy atom. The molecule has 0 bridgehead atoms. The number of hydrogen-bond donors (Lipinski definition) is 0. The molecule has 2 aliphatic carbocycles. The van der Waals surface area contributed by atoms with Crippen LogP contribution in [0.5, 0.6) is 0 Å². The van der Waals surface area contributed by atoms with Crippen molar-refractivity contribution in [2.24, 2.45) is 11.8 Å². The Bertz CT molecular complexity index is 549. The highest BCUT2D eigenvalue weighted by atomic mass is 15.2. The molecule has 2 aliphatic heterocycles. The lowest BCUT2D eigenvalue weighted by molar-refractivity contribution is 0.410. The summed E-state index contributed by atoms with van der Waals surface area (Å²) < 4.78 is 0. The van der Waals surface area contributed by atoms with Gasteiger partial charge in [-0.15, -0.1) is 0 Å². The molecule has 1 heteroatoms. The molecule has 4 atom stereocenters. The van der Waals surface area contributed by atoms with E-state index in [4.69, 9.17) is 0 Å². The third kappa shape index (κ3) is 1.26. The van der Waals surface area contributed by atoms with Gasteiger partial charge in [0.1, 0.15) is 0 Å². The molecule has 0 spiro atoms. The normalized spacial score (nSPS) is 37.2. The molecule has 0 unspecified atom stereocenters. The van der Waals surface area contributed by atoms with Crippen LogP contribution in [0, 0.1) is 11.8 Å². The van der Waals surface area contributed by atoms with Crippen molar-refractivity contribution in [3.05, 3.63) is 53.6 Å². The van der Waals surface area contributed by atoms with E-state index in [2.05, 4.69) is 47.4 Å². The quantitative estimate of drug-likeness (QED) is 0.631. The maximum absolute atomic E-state index is 2.70. The first kappa shape index (κ1) is 10.3. The van der Waals surface area contributed by atoms with Gasteiger partial charge in [0.25, 0.3) is 0 Å². The van der Waals surface area contributed by atoms with E-state index in [0.717, 1.165) is 11.8 Å². The number of fused-ring (bicyclic) bond motifs is 4. The van der Waals surface area contributed by atoms with E-state index in [9.17, 15) is 0 Å². The molecular formula is C18H19N. The zero-order chi connectivity index (χ0) is 12.4. The summed E-state index contributed by atoms with van der Waals surface area (Å²) in [4.78, 5) is 2.70. The molecule has 0 N–H and O–H groups in total. The second-order valence-corrected chi connectivity index (χ2v) is 6.59. The summed E-state index contributed by atoms with van der Waals surface area (Å²) in [5.41, 5.74) is 4.78. The molecule has 0 fully saturated rings. The molecule has 1 nitrogen and oxygen atoms in total. The van der Waals surface area contributed by atoms with Crippen LogP contribution < -0.4 is 4.90 Å². The molecule has 0 aromatic heterocycles. The van der Waals surface area contributed by atoms with Crippen LogP contribution in [0.3, 0.4) is 0 Å². The highest BCUT2D eigenvalue weighted by Gasteiger charge is 2.41. The predicted molar refractivity (Wildman–Crippen MR) is 78.6 cm³/mol. The summed E-state index contributed by atoms with van der Waals surface area (Å²) in [6, 6.07) is 7.03. The topological polar surface area (TPSA) is 3.24 Å². The third-order valence-electron chi connectivity index (χ3n) is 5.62. The molecule has 19 heavy (non-hydrogen) atoms. The van der Waals surface area contributed by atoms with E-state index < -0.39 is 0 Å². The largest absolute Gasteiger partial charge is 0.370 e. The zero-order valence-electron chi connectivity index (χ0n) is 11.1. The Balaban J connectivity index is 1.73. The van der Waals surface area contributed by atoms with Crippen LogP contribution in [-0.4, -0.2) is 13.1 Å². The van der Waals surface area contributed by atoms with Crippen molar-refractivity contribution < 1.29 is 0 Å². The van der Waals surface area contributed by atoms with Gasteiger partial charge in [0.05, 0.1) is 0 Å². The lowest BCUT2D eigenvalue weighted by Gasteiger charge is -2.46. The van der Waals surface area contributed by atoms with Crippen LogP contribution in [0.25, 0.3) is 0 Å². The zero-order valence-corrected chi connectivity index (χ0v) is 11.1. The van der Waals surface area contributed by atoms with E-state index in [1.807, 2.05) is 0 Å². The average molecular weight is 249 g/mol. The van der Waals surface area contributed by atoms with E-state index in [-0.39, 0.29) is 0 Å². The van der Waals surface area contributed by atoms with Crippen molar-refractivity contribution in [1.29, 1.82) is 0 Å². The Morgan fingerprint density at radius 1 is 0.842 bits per heavy atom. The van der Waals surface area contributed by atoms with Crippen LogP contribution in [0.2, 0.25) is 0 Å². The minimum atomic E-state index is 0.688. The van der Waals surface area contributed by atoms with Crippen LogP contribution in [0.4, 0.5) is 5.69 Å². The number of anilines is 1. The van der Waals surface area contributed by atoms with Crippen molar-refractivity contribution in [2.45, 2.75) is 24.7 Å². The third-order valence-corrected chi connectivity index (χ3v) is 5.62. The van der Waals surface area contributed by atoms with Crippen LogP contribution >= 0.6 is 0 Å². The lowest BCUT2D eigenvalue weighted by Crippen LogP contribution is -2.43. The monoisotopic (exact) mass is 249 g/mol. The molecular weight excluding hydrogens is 230 g/mol. The van der Waals surface area contributed by atoms with Crippen molar-refractivity contribution in [2.75, 3.05) is 18.0 Å². The van der Waals surface area contributed by atoms with Gasteiger partial charge >= 0.3 is 0 Å². The molecule has 4 aliphatic rings. The Hall–Kier alpha value is -1.50. The fraction of sp³-hybridized carbons (Fsp3) is 0.444. The summed E-state index contributed by atoms with van der Waals surface area (Å²) in [7, 11) is 0. The van der Waals surface area contributed by atoms with Gasteiger partial charge in [0, 0.05) is 30.6 Å². The second-order valence-electron chi connectivity index (χ2n) is 6.59. The van der Waals surface area contributed by atoms with Gasteiger partial charge in [-0.25, -0.2) is 0 Å². The van der Waals surface area contributed by atoms with Crippen molar-refractivity contribution in [3.63, 3.8) is 0 Å². The standard InChI is InChI=1S/C18H19N/c1-4-12-10-19-11-13-5-2-7-15(13)17-9-3-8-16(18(17)19)14(12)6-1/h1-3,6-9,12-15H,4-5,10-11H2/t12-,13+,14+,15-. The first-order valence-corrected chi connectivity index (χ1v) is 7.63. The van der Waals surface area contributed by atoms with E-state index in [0.29, 0.717) is 11.8 Å². The van der Waals surface area contributed by atoms with E-state index in [1.165, 1.54) is 25.9 Å². The fourth-order valence-corrected chi connectivity index (χ4v) is 4.81. The molecule has 96 valence electrons. The van der Waals surface area contributed by atoms with Gasteiger partial charge in [0.2, 0.25) is 0 Å². The molecule has 1 aromatic carbocycles. The minimum absolute atomic E-state index is 0.688. The van der Waals surface area contributed by atoms with Crippen LogP contribution in [0.15, 0.2) is 42.5 Å². The highest BCUT2D eigenvalue weighted by molar-refractivity contribution is 5.68. The Labute approximate surface area is 114 Å². The van der Waals surface area contributed by atoms with Gasteiger partial charge in [-0.2, -0.15) is 0 Å². The summed E-state index contributed by atoms with van der Waals surface area (Å²) in [5, 5.41) is 0. The molecule has 1 aromatic rings. The minimum Gasteiger partial charge on any atom is -0.370 e. The summed E-state index contributed by atoms with van der Waals surface area (Å²) in [6.45, 7) is 2.54. The van der Waals surface area contributed by atoms with Crippen LogP contribution in [0.1, 0.15) is 35.8 Å². The number of rotatable bonds is 0.